The molecule has 1 nitrogen and oxygen atoms in total. The maximum Gasteiger partial charge on any atom is 0.0552 e. The second-order valence-electron chi connectivity index (χ2n) is 8.60. The molecular formula is C30H17NS. The van der Waals surface area contributed by atoms with Crippen molar-refractivity contribution >= 4 is 85.6 Å². The first-order chi connectivity index (χ1) is 15.9. The zero-order chi connectivity index (χ0) is 20.8. The lowest BCUT2D eigenvalue weighted by molar-refractivity contribution is 1.58. The van der Waals surface area contributed by atoms with Gasteiger partial charge >= 0.3 is 0 Å². The highest BCUT2D eigenvalue weighted by molar-refractivity contribution is 7.27. The van der Waals surface area contributed by atoms with Gasteiger partial charge in [0.1, 0.15) is 0 Å². The second kappa shape index (κ2) is 5.87. The van der Waals surface area contributed by atoms with Crippen LogP contribution in [0, 0.1) is 0 Å². The molecule has 2 aromatic heterocycles. The van der Waals surface area contributed by atoms with Crippen LogP contribution in [0.2, 0.25) is 0 Å². The van der Waals surface area contributed by atoms with E-state index in [0.29, 0.717) is 0 Å². The Hall–Kier alpha value is -3.88. The molecule has 6 aromatic carbocycles. The molecule has 0 amide bonds. The second-order valence-corrected chi connectivity index (χ2v) is 9.62. The highest BCUT2D eigenvalue weighted by Gasteiger charge is 2.19. The van der Waals surface area contributed by atoms with Gasteiger partial charge in [-0.15, -0.1) is 11.3 Å². The molecular weight excluding hydrogens is 406 g/mol. The molecule has 2 heterocycles. The van der Waals surface area contributed by atoms with Gasteiger partial charge in [0.2, 0.25) is 0 Å². The highest BCUT2D eigenvalue weighted by atomic mass is 32.1. The third kappa shape index (κ3) is 1.99. The summed E-state index contributed by atoms with van der Waals surface area (Å²) < 4.78 is 2.76. The standard InChI is InChI=1S/C30H17NS/c1-3-9-19-17(7-1)13-15-23-25-26-24-16-14-18-8-2-4-10-20(18)29(24)32-30(26)22-12-6-5-11-21(22)28(25)31-27(19)23/h1-16,31H. The zero-order valence-corrected chi connectivity index (χ0v) is 18.0. The van der Waals surface area contributed by atoms with Gasteiger partial charge < -0.3 is 4.98 Å². The van der Waals surface area contributed by atoms with Crippen molar-refractivity contribution in [1.82, 2.24) is 4.98 Å². The number of H-pyrrole nitrogens is 1. The number of aromatic amines is 1. The molecule has 0 aliphatic rings. The monoisotopic (exact) mass is 423 g/mol. The van der Waals surface area contributed by atoms with Crippen LogP contribution >= 0.6 is 11.3 Å². The molecule has 2 heteroatoms. The van der Waals surface area contributed by atoms with Crippen LogP contribution in [0.25, 0.3) is 74.3 Å². The molecule has 0 bridgehead atoms. The molecule has 32 heavy (non-hydrogen) atoms. The van der Waals surface area contributed by atoms with E-state index in [1.165, 1.54) is 74.3 Å². The lowest BCUT2D eigenvalue weighted by Gasteiger charge is -2.04. The molecule has 1 N–H and O–H groups in total. The topological polar surface area (TPSA) is 15.8 Å². The predicted molar refractivity (Wildman–Crippen MR) is 141 cm³/mol. The summed E-state index contributed by atoms with van der Waals surface area (Å²) in [7, 11) is 0. The minimum absolute atomic E-state index is 1.23. The summed E-state index contributed by atoms with van der Waals surface area (Å²) >= 11 is 1.94. The fourth-order valence-corrected chi connectivity index (χ4v) is 6.94. The minimum atomic E-state index is 1.23. The Morgan fingerprint density at radius 1 is 0.406 bits per heavy atom. The first-order valence-electron chi connectivity index (χ1n) is 11.0. The summed E-state index contributed by atoms with van der Waals surface area (Å²) in [6.45, 7) is 0. The van der Waals surface area contributed by atoms with Crippen LogP contribution < -0.4 is 0 Å². The third-order valence-electron chi connectivity index (χ3n) is 6.97. The number of rotatable bonds is 0. The van der Waals surface area contributed by atoms with Crippen LogP contribution in [0.1, 0.15) is 0 Å². The highest BCUT2D eigenvalue weighted by Crippen LogP contribution is 2.48. The van der Waals surface area contributed by atoms with Gasteiger partial charge in [-0.2, -0.15) is 0 Å². The SMILES string of the molecule is c1ccc2c(c1)ccc1c2[nH]c2c3ccccc3c3sc4c5ccccc5ccc4c3c12. The van der Waals surface area contributed by atoms with E-state index in [4.69, 9.17) is 0 Å². The third-order valence-corrected chi connectivity index (χ3v) is 8.24. The van der Waals surface area contributed by atoms with Crippen LogP contribution in [-0.4, -0.2) is 4.98 Å². The molecule has 0 spiro atoms. The Kier molecular flexibility index (Phi) is 3.08. The molecule has 8 rings (SSSR count). The smallest absolute Gasteiger partial charge is 0.0552 e. The van der Waals surface area contributed by atoms with Crippen LogP contribution in [0.3, 0.4) is 0 Å². The van der Waals surface area contributed by atoms with Gasteiger partial charge in [-0.3, -0.25) is 0 Å². The van der Waals surface area contributed by atoms with E-state index in [2.05, 4.69) is 102 Å². The lowest BCUT2D eigenvalue weighted by atomic mass is 9.98. The molecule has 8 aromatic rings. The number of hydrogen-bond donors (Lipinski definition) is 1. The molecule has 0 fully saturated rings. The van der Waals surface area contributed by atoms with Crippen LogP contribution in [0.15, 0.2) is 97.1 Å². The number of fused-ring (bicyclic) bond motifs is 14. The molecule has 0 saturated heterocycles. The maximum absolute atomic E-state index is 3.85. The summed E-state index contributed by atoms with van der Waals surface area (Å²) in [6, 6.07) is 35.4. The minimum Gasteiger partial charge on any atom is -0.353 e. The van der Waals surface area contributed by atoms with Gasteiger partial charge in [0.05, 0.1) is 11.0 Å². The average Bonchev–Trinajstić information content (AvgIpc) is 3.43. The number of aromatic nitrogens is 1. The Balaban J connectivity index is 1.74. The molecule has 148 valence electrons. The molecule has 0 saturated carbocycles. The number of hydrogen-bond acceptors (Lipinski definition) is 1. The maximum atomic E-state index is 3.85. The Morgan fingerprint density at radius 2 is 1.03 bits per heavy atom. The van der Waals surface area contributed by atoms with Crippen molar-refractivity contribution in [3.05, 3.63) is 97.1 Å². The molecule has 0 atom stereocenters. The largest absolute Gasteiger partial charge is 0.353 e. The predicted octanol–water partition coefficient (Wildman–Crippen LogP) is 9.15. The van der Waals surface area contributed by atoms with E-state index in [1.807, 2.05) is 11.3 Å². The summed E-state index contributed by atoms with van der Waals surface area (Å²) in [5.74, 6) is 0. The summed E-state index contributed by atoms with van der Waals surface area (Å²) in [6.07, 6.45) is 0. The Morgan fingerprint density at radius 3 is 1.84 bits per heavy atom. The van der Waals surface area contributed by atoms with Gasteiger partial charge in [0, 0.05) is 47.1 Å². The van der Waals surface area contributed by atoms with Crippen molar-refractivity contribution in [3.8, 4) is 0 Å². The fourth-order valence-electron chi connectivity index (χ4n) is 5.56. The van der Waals surface area contributed by atoms with E-state index < -0.39 is 0 Å². The Bertz CT molecular complexity index is 1890. The number of nitrogens with one attached hydrogen (secondary N) is 1. The van der Waals surface area contributed by atoms with Crippen molar-refractivity contribution < 1.29 is 0 Å². The summed E-state index contributed by atoms with van der Waals surface area (Å²) in [5.41, 5.74) is 2.48. The van der Waals surface area contributed by atoms with Crippen LogP contribution in [0.4, 0.5) is 0 Å². The van der Waals surface area contributed by atoms with Crippen LogP contribution in [0.5, 0.6) is 0 Å². The summed E-state index contributed by atoms with van der Waals surface area (Å²) in [5, 5.41) is 13.2. The van der Waals surface area contributed by atoms with Crippen molar-refractivity contribution in [2.75, 3.05) is 0 Å². The van der Waals surface area contributed by atoms with Gasteiger partial charge in [-0.05, 0) is 16.2 Å². The van der Waals surface area contributed by atoms with Crippen LogP contribution in [-0.2, 0) is 0 Å². The fraction of sp³-hybridized carbons (Fsp3) is 0. The van der Waals surface area contributed by atoms with Crippen molar-refractivity contribution in [1.29, 1.82) is 0 Å². The number of thiophene rings is 1. The molecule has 0 radical (unpaired) electrons. The zero-order valence-electron chi connectivity index (χ0n) is 17.1. The lowest BCUT2D eigenvalue weighted by Crippen LogP contribution is -1.78. The van der Waals surface area contributed by atoms with Gasteiger partial charge in [0.15, 0.2) is 0 Å². The van der Waals surface area contributed by atoms with E-state index in [9.17, 15) is 0 Å². The van der Waals surface area contributed by atoms with Crippen molar-refractivity contribution in [2.45, 2.75) is 0 Å². The van der Waals surface area contributed by atoms with Gasteiger partial charge in [-0.25, -0.2) is 0 Å². The molecule has 0 aliphatic carbocycles. The molecule has 0 aliphatic heterocycles. The Labute approximate surface area is 187 Å². The first kappa shape index (κ1) is 16.8. The number of benzene rings is 6. The summed E-state index contributed by atoms with van der Waals surface area (Å²) in [4.78, 5) is 3.85. The van der Waals surface area contributed by atoms with Crippen molar-refractivity contribution in [3.63, 3.8) is 0 Å². The normalized spacial score (nSPS) is 12.4. The van der Waals surface area contributed by atoms with Gasteiger partial charge in [-0.1, -0.05) is 97.1 Å². The van der Waals surface area contributed by atoms with E-state index in [1.54, 1.807) is 0 Å². The molecule has 0 unspecified atom stereocenters. The average molecular weight is 424 g/mol. The quantitative estimate of drug-likeness (QED) is 0.250. The van der Waals surface area contributed by atoms with E-state index in [-0.39, 0.29) is 0 Å². The van der Waals surface area contributed by atoms with Gasteiger partial charge in [0.25, 0.3) is 0 Å². The van der Waals surface area contributed by atoms with E-state index >= 15 is 0 Å². The van der Waals surface area contributed by atoms with E-state index in [0.717, 1.165) is 0 Å². The first-order valence-corrected chi connectivity index (χ1v) is 11.8. The van der Waals surface area contributed by atoms with Crippen molar-refractivity contribution in [2.24, 2.45) is 0 Å².